The van der Waals surface area contributed by atoms with Crippen molar-refractivity contribution < 1.29 is 18.5 Å². The largest absolute Gasteiger partial charge is 0.339 e. The van der Waals surface area contributed by atoms with E-state index >= 15 is 0 Å². The maximum atomic E-state index is 13.0. The highest BCUT2D eigenvalue weighted by atomic mass is 19.1. The number of anilines is 1. The van der Waals surface area contributed by atoms with E-state index in [1.54, 1.807) is 19.2 Å². The molecule has 150 valence electrons. The minimum atomic E-state index is -0.350. The third-order valence-corrected chi connectivity index (χ3v) is 4.27. The molecule has 0 fully saturated rings. The van der Waals surface area contributed by atoms with E-state index < -0.39 is 0 Å². The first-order valence-corrected chi connectivity index (χ1v) is 9.10. The molecule has 1 N–H and O–H groups in total. The van der Waals surface area contributed by atoms with Crippen LogP contribution in [0.5, 0.6) is 0 Å². The molecule has 3 rings (SSSR count). The quantitative estimate of drug-likeness (QED) is 0.663. The van der Waals surface area contributed by atoms with E-state index in [0.29, 0.717) is 23.0 Å². The number of nitrogens with one attached hydrogen (secondary N) is 1. The summed E-state index contributed by atoms with van der Waals surface area (Å²) >= 11 is 0. The van der Waals surface area contributed by atoms with Gasteiger partial charge in [0.15, 0.2) is 0 Å². The fourth-order valence-electron chi connectivity index (χ4n) is 2.62. The number of benzene rings is 2. The summed E-state index contributed by atoms with van der Waals surface area (Å²) in [6, 6.07) is 13.1. The van der Waals surface area contributed by atoms with Gasteiger partial charge in [-0.1, -0.05) is 22.9 Å². The van der Waals surface area contributed by atoms with Gasteiger partial charge in [-0.15, -0.1) is 0 Å². The average Bonchev–Trinajstić information content (AvgIpc) is 3.17. The zero-order chi connectivity index (χ0) is 20.8. The number of halogens is 1. The molecule has 0 atom stereocenters. The van der Waals surface area contributed by atoms with Crippen LogP contribution in [0, 0.1) is 12.7 Å². The molecule has 0 aliphatic heterocycles. The summed E-state index contributed by atoms with van der Waals surface area (Å²) in [7, 11) is 1.56. The van der Waals surface area contributed by atoms with Crippen molar-refractivity contribution in [2.24, 2.45) is 0 Å². The van der Waals surface area contributed by atoms with E-state index in [9.17, 15) is 14.0 Å². The van der Waals surface area contributed by atoms with Gasteiger partial charge in [-0.2, -0.15) is 4.98 Å². The Hall–Kier alpha value is -3.55. The lowest BCUT2D eigenvalue weighted by molar-refractivity contribution is -0.133. The lowest BCUT2D eigenvalue weighted by Crippen LogP contribution is -2.35. The lowest BCUT2D eigenvalue weighted by Gasteiger charge is -2.16. The van der Waals surface area contributed by atoms with E-state index in [1.807, 2.05) is 31.2 Å². The monoisotopic (exact) mass is 396 g/mol. The van der Waals surface area contributed by atoms with Crippen LogP contribution in [0.2, 0.25) is 0 Å². The SMILES string of the molecule is Cc1ccc(NC(=O)CN(C)C(=O)CCc2nc(-c3ccc(F)cc3)no2)cc1. The maximum absolute atomic E-state index is 13.0. The van der Waals surface area contributed by atoms with Crippen LogP contribution in [0.3, 0.4) is 0 Å². The Morgan fingerprint density at radius 2 is 1.79 bits per heavy atom. The van der Waals surface area contributed by atoms with Crippen LogP contribution in [0.15, 0.2) is 53.1 Å². The van der Waals surface area contributed by atoms with Gasteiger partial charge in [0.25, 0.3) is 0 Å². The second-order valence-electron chi connectivity index (χ2n) is 6.68. The molecule has 0 bridgehead atoms. The maximum Gasteiger partial charge on any atom is 0.243 e. The predicted octanol–water partition coefficient (Wildman–Crippen LogP) is 3.21. The van der Waals surface area contributed by atoms with Crippen LogP contribution < -0.4 is 5.32 Å². The summed E-state index contributed by atoms with van der Waals surface area (Å²) in [6.07, 6.45) is 0.371. The average molecular weight is 396 g/mol. The molecule has 0 saturated carbocycles. The Kier molecular flexibility index (Phi) is 6.33. The van der Waals surface area contributed by atoms with E-state index in [2.05, 4.69) is 15.5 Å². The van der Waals surface area contributed by atoms with E-state index in [1.165, 1.54) is 17.0 Å². The van der Waals surface area contributed by atoms with Crippen molar-refractivity contribution in [2.75, 3.05) is 18.9 Å². The smallest absolute Gasteiger partial charge is 0.243 e. The number of nitrogens with zero attached hydrogens (tertiary/aromatic N) is 3. The molecule has 8 heteroatoms. The van der Waals surface area contributed by atoms with Crippen LogP contribution in [0.4, 0.5) is 10.1 Å². The third kappa shape index (κ3) is 5.71. The van der Waals surface area contributed by atoms with E-state index in [-0.39, 0.29) is 37.0 Å². The molecule has 0 aliphatic rings. The van der Waals surface area contributed by atoms with E-state index in [0.717, 1.165) is 5.56 Å². The topological polar surface area (TPSA) is 88.3 Å². The first-order chi connectivity index (χ1) is 13.9. The Bertz CT molecular complexity index is 984. The number of rotatable bonds is 7. The van der Waals surface area contributed by atoms with Crippen LogP contribution in [-0.4, -0.2) is 40.4 Å². The van der Waals surface area contributed by atoms with Crippen molar-refractivity contribution in [2.45, 2.75) is 19.8 Å². The number of amides is 2. The minimum absolute atomic E-state index is 0.0582. The first-order valence-electron chi connectivity index (χ1n) is 9.10. The van der Waals surface area contributed by atoms with Gasteiger partial charge < -0.3 is 14.7 Å². The van der Waals surface area contributed by atoms with Crippen LogP contribution in [0.25, 0.3) is 11.4 Å². The Morgan fingerprint density at radius 3 is 2.48 bits per heavy atom. The molecule has 0 unspecified atom stereocenters. The van der Waals surface area contributed by atoms with Crippen molar-refractivity contribution in [1.29, 1.82) is 0 Å². The highest BCUT2D eigenvalue weighted by Crippen LogP contribution is 2.16. The van der Waals surface area contributed by atoms with Gasteiger partial charge in [-0.05, 0) is 43.3 Å². The van der Waals surface area contributed by atoms with Gasteiger partial charge in [0, 0.05) is 31.1 Å². The van der Waals surface area contributed by atoms with Crippen molar-refractivity contribution in [1.82, 2.24) is 15.0 Å². The number of hydrogen-bond acceptors (Lipinski definition) is 5. The molecule has 2 amide bonds. The van der Waals surface area contributed by atoms with Crippen molar-refractivity contribution >= 4 is 17.5 Å². The summed E-state index contributed by atoms with van der Waals surface area (Å²) in [5.74, 6) is -0.211. The van der Waals surface area contributed by atoms with Crippen molar-refractivity contribution in [3.63, 3.8) is 0 Å². The van der Waals surface area contributed by atoms with Crippen molar-refractivity contribution in [3.05, 3.63) is 65.8 Å². The van der Waals surface area contributed by atoms with Crippen LogP contribution in [-0.2, 0) is 16.0 Å². The number of carbonyl (C=O) groups is 2. The second kappa shape index (κ2) is 9.09. The van der Waals surface area contributed by atoms with Crippen LogP contribution >= 0.6 is 0 Å². The van der Waals surface area contributed by atoms with Gasteiger partial charge in [0.1, 0.15) is 5.82 Å². The number of aromatic nitrogens is 2. The molecule has 3 aromatic rings. The summed E-state index contributed by atoms with van der Waals surface area (Å²) in [6.45, 7) is 1.90. The molecule has 0 spiro atoms. The lowest BCUT2D eigenvalue weighted by atomic mass is 10.2. The van der Waals surface area contributed by atoms with Crippen LogP contribution in [0.1, 0.15) is 17.9 Å². The third-order valence-electron chi connectivity index (χ3n) is 4.27. The summed E-state index contributed by atoms with van der Waals surface area (Å²) in [4.78, 5) is 29.9. The van der Waals surface area contributed by atoms with Gasteiger partial charge in [0.05, 0.1) is 6.54 Å². The van der Waals surface area contributed by atoms with Gasteiger partial charge in [-0.3, -0.25) is 9.59 Å². The normalized spacial score (nSPS) is 10.6. The molecular formula is C21H21FN4O3. The number of aryl methyl sites for hydroxylation is 2. The molecule has 1 aromatic heterocycles. The molecule has 0 saturated heterocycles. The highest BCUT2D eigenvalue weighted by Gasteiger charge is 2.15. The fraction of sp³-hybridized carbons (Fsp3) is 0.238. The number of carbonyl (C=O) groups excluding carboxylic acids is 2. The molecule has 2 aromatic carbocycles. The Morgan fingerprint density at radius 1 is 1.10 bits per heavy atom. The zero-order valence-corrected chi connectivity index (χ0v) is 16.2. The zero-order valence-electron chi connectivity index (χ0n) is 16.2. The Labute approximate surface area is 167 Å². The van der Waals surface area contributed by atoms with Gasteiger partial charge in [-0.25, -0.2) is 4.39 Å². The number of likely N-dealkylation sites (N-methyl/N-ethyl adjacent to an activating group) is 1. The van der Waals surface area contributed by atoms with Gasteiger partial charge >= 0.3 is 0 Å². The summed E-state index contributed by atoms with van der Waals surface area (Å²) < 4.78 is 18.1. The van der Waals surface area contributed by atoms with E-state index in [4.69, 9.17) is 4.52 Å². The molecule has 7 nitrogen and oxygen atoms in total. The number of hydrogen-bond donors (Lipinski definition) is 1. The Balaban J connectivity index is 1.48. The predicted molar refractivity (Wildman–Crippen MR) is 105 cm³/mol. The fourth-order valence-corrected chi connectivity index (χ4v) is 2.62. The first kappa shape index (κ1) is 20.2. The molecule has 0 radical (unpaired) electrons. The molecule has 29 heavy (non-hydrogen) atoms. The standard InChI is InChI=1S/C21H21FN4O3/c1-14-3-9-17(10-4-14)23-18(27)13-26(2)20(28)12-11-19-24-21(25-29-19)15-5-7-16(22)8-6-15/h3-10H,11-13H2,1-2H3,(H,23,27). The summed E-state index contributed by atoms with van der Waals surface area (Å²) in [5, 5.41) is 6.60. The molecule has 0 aliphatic carbocycles. The summed E-state index contributed by atoms with van der Waals surface area (Å²) in [5.41, 5.74) is 2.40. The highest BCUT2D eigenvalue weighted by molar-refractivity contribution is 5.94. The molecule has 1 heterocycles. The van der Waals surface area contributed by atoms with Gasteiger partial charge in [0.2, 0.25) is 23.5 Å². The van der Waals surface area contributed by atoms with Crippen molar-refractivity contribution in [3.8, 4) is 11.4 Å². The molecular weight excluding hydrogens is 375 g/mol. The minimum Gasteiger partial charge on any atom is -0.339 e. The second-order valence-corrected chi connectivity index (χ2v) is 6.68.